The summed E-state index contributed by atoms with van der Waals surface area (Å²) in [7, 11) is 0. The third kappa shape index (κ3) is 2.60. The van der Waals surface area contributed by atoms with Crippen molar-refractivity contribution in [2.45, 2.75) is 18.8 Å². The van der Waals surface area contributed by atoms with E-state index in [0.29, 0.717) is 6.61 Å². The third-order valence-corrected chi connectivity index (χ3v) is 3.38. The van der Waals surface area contributed by atoms with Crippen LogP contribution < -0.4 is 0 Å². The molecule has 0 bridgehead atoms. The van der Waals surface area contributed by atoms with Crippen molar-refractivity contribution in [1.29, 1.82) is 0 Å². The lowest BCUT2D eigenvalue weighted by atomic mass is 9.93. The quantitative estimate of drug-likeness (QED) is 0.908. The molecule has 2 heteroatoms. The Hall–Kier alpha value is -1.90. The van der Waals surface area contributed by atoms with Crippen molar-refractivity contribution in [3.05, 3.63) is 77.4 Å². The van der Waals surface area contributed by atoms with E-state index in [2.05, 4.69) is 0 Å². The van der Waals surface area contributed by atoms with E-state index in [1.165, 1.54) is 0 Å². The average Bonchev–Trinajstić information content (AvgIpc) is 2.48. The fourth-order valence-corrected chi connectivity index (χ4v) is 2.33. The van der Waals surface area contributed by atoms with Gasteiger partial charge < -0.3 is 9.84 Å². The molecular weight excluding hydrogens is 236 g/mol. The number of rotatable bonds is 3. The Morgan fingerprint density at radius 2 is 1.68 bits per heavy atom. The summed E-state index contributed by atoms with van der Waals surface area (Å²) in [4.78, 5) is 0. The normalized spacial score (nSPS) is 21.1. The van der Waals surface area contributed by atoms with E-state index in [4.69, 9.17) is 4.74 Å². The lowest BCUT2D eigenvalue weighted by Crippen LogP contribution is -2.23. The highest BCUT2D eigenvalue weighted by molar-refractivity contribution is 5.58. The van der Waals surface area contributed by atoms with Crippen LogP contribution in [0.2, 0.25) is 0 Å². The van der Waals surface area contributed by atoms with Crippen molar-refractivity contribution in [3.63, 3.8) is 0 Å². The second kappa shape index (κ2) is 5.39. The molecule has 1 N–H and O–H groups in total. The Bertz CT molecular complexity index is 575. The Morgan fingerprint density at radius 3 is 2.53 bits per heavy atom. The minimum absolute atomic E-state index is 0.282. The van der Waals surface area contributed by atoms with Crippen molar-refractivity contribution in [2.75, 3.05) is 0 Å². The molecule has 3 rings (SSSR count). The van der Waals surface area contributed by atoms with Gasteiger partial charge in [0.1, 0.15) is 12.2 Å². The number of aliphatic hydroxyl groups excluding tert-OH is 1. The molecule has 1 aliphatic carbocycles. The van der Waals surface area contributed by atoms with Crippen molar-refractivity contribution in [3.8, 4) is 0 Å². The van der Waals surface area contributed by atoms with E-state index in [0.717, 1.165) is 16.7 Å². The van der Waals surface area contributed by atoms with Crippen molar-refractivity contribution < 1.29 is 9.84 Å². The van der Waals surface area contributed by atoms with Gasteiger partial charge in [-0.15, -0.1) is 0 Å². The van der Waals surface area contributed by atoms with Crippen LogP contribution in [-0.2, 0) is 11.3 Å². The van der Waals surface area contributed by atoms with Gasteiger partial charge in [0.2, 0.25) is 0 Å². The largest absolute Gasteiger partial charge is 0.385 e. The molecule has 0 heterocycles. The lowest BCUT2D eigenvalue weighted by Gasteiger charge is -2.25. The summed E-state index contributed by atoms with van der Waals surface area (Å²) < 4.78 is 5.80. The summed E-state index contributed by atoms with van der Waals surface area (Å²) >= 11 is 0. The van der Waals surface area contributed by atoms with Crippen molar-refractivity contribution >= 4 is 6.08 Å². The number of ether oxygens (including phenoxy) is 1. The van der Waals surface area contributed by atoms with Crippen LogP contribution in [0.5, 0.6) is 0 Å². The van der Waals surface area contributed by atoms with Gasteiger partial charge in [0.15, 0.2) is 0 Å². The van der Waals surface area contributed by atoms with Crippen LogP contribution in [0.25, 0.3) is 6.08 Å². The smallest absolute Gasteiger partial charge is 0.109 e. The average molecular weight is 252 g/mol. The van der Waals surface area contributed by atoms with E-state index in [1.54, 1.807) is 0 Å². The van der Waals surface area contributed by atoms with E-state index in [9.17, 15) is 5.11 Å². The molecule has 0 spiro atoms. The van der Waals surface area contributed by atoms with Gasteiger partial charge in [-0.1, -0.05) is 66.7 Å². The lowest BCUT2D eigenvalue weighted by molar-refractivity contribution is -0.0206. The first-order chi connectivity index (χ1) is 9.34. The molecule has 0 aliphatic heterocycles. The molecule has 19 heavy (non-hydrogen) atoms. The van der Waals surface area contributed by atoms with E-state index in [1.807, 2.05) is 66.7 Å². The van der Waals surface area contributed by atoms with Gasteiger partial charge in [0.05, 0.1) is 6.61 Å². The predicted molar refractivity (Wildman–Crippen MR) is 75.5 cm³/mol. The molecule has 2 atom stereocenters. The first-order valence-electron chi connectivity index (χ1n) is 6.45. The molecule has 1 unspecified atom stereocenters. The summed E-state index contributed by atoms with van der Waals surface area (Å²) in [6.07, 6.45) is 3.06. The number of hydrogen-bond acceptors (Lipinski definition) is 2. The maximum Gasteiger partial charge on any atom is 0.109 e. The summed E-state index contributed by atoms with van der Waals surface area (Å²) in [5, 5.41) is 10.3. The Morgan fingerprint density at radius 1 is 0.947 bits per heavy atom. The van der Waals surface area contributed by atoms with Crippen LogP contribution >= 0.6 is 0 Å². The molecule has 0 radical (unpaired) electrons. The van der Waals surface area contributed by atoms with Crippen LogP contribution in [0, 0.1) is 0 Å². The van der Waals surface area contributed by atoms with E-state index >= 15 is 0 Å². The van der Waals surface area contributed by atoms with Crippen LogP contribution in [0.3, 0.4) is 0 Å². The molecule has 2 aromatic carbocycles. The molecule has 96 valence electrons. The first-order valence-corrected chi connectivity index (χ1v) is 6.45. The van der Waals surface area contributed by atoms with Crippen LogP contribution in [-0.4, -0.2) is 11.2 Å². The van der Waals surface area contributed by atoms with Gasteiger partial charge in [-0.05, 0) is 16.7 Å². The second-order valence-electron chi connectivity index (χ2n) is 4.69. The molecule has 0 saturated carbocycles. The standard InChI is InChI=1S/C17H16O2/c18-17-15-9-5-4-8-14(15)10-11-16(17)19-12-13-6-2-1-3-7-13/h1-11,16-18H,12H2/t16-,17?/m0/s1. The topological polar surface area (TPSA) is 29.5 Å². The molecular formula is C17H16O2. The Kier molecular flexibility index (Phi) is 3.45. The number of hydrogen-bond donors (Lipinski definition) is 1. The zero-order valence-electron chi connectivity index (χ0n) is 10.6. The van der Waals surface area contributed by atoms with Gasteiger partial charge >= 0.3 is 0 Å². The van der Waals surface area contributed by atoms with Crippen molar-refractivity contribution in [1.82, 2.24) is 0 Å². The molecule has 2 nitrogen and oxygen atoms in total. The van der Waals surface area contributed by atoms with Gasteiger partial charge in [0, 0.05) is 0 Å². The maximum atomic E-state index is 10.3. The molecule has 1 aliphatic rings. The maximum absolute atomic E-state index is 10.3. The number of benzene rings is 2. The summed E-state index contributed by atoms with van der Waals surface area (Å²) in [5.41, 5.74) is 3.11. The Labute approximate surface area is 113 Å². The van der Waals surface area contributed by atoms with Gasteiger partial charge in [-0.2, -0.15) is 0 Å². The second-order valence-corrected chi connectivity index (χ2v) is 4.69. The number of fused-ring (bicyclic) bond motifs is 1. The predicted octanol–water partition coefficient (Wildman–Crippen LogP) is 3.33. The first kappa shape index (κ1) is 12.2. The van der Waals surface area contributed by atoms with Gasteiger partial charge in [-0.25, -0.2) is 0 Å². The minimum Gasteiger partial charge on any atom is -0.385 e. The molecule has 0 saturated heterocycles. The highest BCUT2D eigenvalue weighted by Crippen LogP contribution is 2.29. The highest BCUT2D eigenvalue weighted by Gasteiger charge is 2.24. The monoisotopic (exact) mass is 252 g/mol. The third-order valence-electron chi connectivity index (χ3n) is 3.38. The van der Waals surface area contributed by atoms with E-state index in [-0.39, 0.29) is 6.10 Å². The molecule has 0 aromatic heterocycles. The molecule has 0 amide bonds. The zero-order chi connectivity index (χ0) is 13.1. The summed E-state index contributed by atoms with van der Waals surface area (Å²) in [6.45, 7) is 0.509. The van der Waals surface area contributed by atoms with Crippen molar-refractivity contribution in [2.24, 2.45) is 0 Å². The Balaban J connectivity index is 1.71. The van der Waals surface area contributed by atoms with E-state index < -0.39 is 6.10 Å². The highest BCUT2D eigenvalue weighted by atomic mass is 16.5. The molecule has 2 aromatic rings. The van der Waals surface area contributed by atoms with Crippen LogP contribution in [0.1, 0.15) is 22.8 Å². The van der Waals surface area contributed by atoms with Crippen LogP contribution in [0.15, 0.2) is 60.7 Å². The minimum atomic E-state index is -0.593. The molecule has 0 fully saturated rings. The van der Waals surface area contributed by atoms with Gasteiger partial charge in [-0.3, -0.25) is 0 Å². The number of aliphatic hydroxyl groups is 1. The fourth-order valence-electron chi connectivity index (χ4n) is 2.33. The van der Waals surface area contributed by atoms with Crippen LogP contribution in [0.4, 0.5) is 0 Å². The summed E-state index contributed by atoms with van der Waals surface area (Å²) in [6, 6.07) is 17.9. The summed E-state index contributed by atoms with van der Waals surface area (Å²) in [5.74, 6) is 0. The van der Waals surface area contributed by atoms with Gasteiger partial charge in [0.25, 0.3) is 0 Å². The fraction of sp³-hybridized carbons (Fsp3) is 0.176. The zero-order valence-corrected chi connectivity index (χ0v) is 10.6. The SMILES string of the molecule is OC1c2ccccc2C=C[C@@H]1OCc1ccccc1.